The number of morpholine rings is 1. The van der Waals surface area contributed by atoms with Crippen LogP contribution in [0.15, 0.2) is 54.6 Å². The van der Waals surface area contributed by atoms with Crippen molar-refractivity contribution in [2.75, 3.05) is 19.7 Å². The van der Waals surface area contributed by atoms with E-state index in [4.69, 9.17) is 9.47 Å². The second-order valence-electron chi connectivity index (χ2n) is 9.38. The van der Waals surface area contributed by atoms with Gasteiger partial charge in [-0.05, 0) is 58.2 Å². The maximum atomic E-state index is 12.4. The van der Waals surface area contributed by atoms with Crippen LogP contribution in [0, 0.1) is 6.92 Å². The number of benzene rings is 2. The van der Waals surface area contributed by atoms with Crippen molar-refractivity contribution < 1.29 is 14.3 Å². The fourth-order valence-corrected chi connectivity index (χ4v) is 4.62. The third-order valence-corrected chi connectivity index (χ3v) is 6.21. The van der Waals surface area contributed by atoms with Crippen molar-refractivity contribution in [1.29, 1.82) is 0 Å². The normalized spacial score (nSPS) is 23.8. The number of aryl methyl sites for hydroxylation is 1. The van der Waals surface area contributed by atoms with Crippen LogP contribution in [0.5, 0.6) is 0 Å². The van der Waals surface area contributed by atoms with Crippen molar-refractivity contribution >= 4 is 5.97 Å². The number of piperidine rings is 1. The summed E-state index contributed by atoms with van der Waals surface area (Å²) in [6, 6.07) is 19.1. The molecule has 0 radical (unpaired) electrons. The first-order chi connectivity index (χ1) is 16.0. The van der Waals surface area contributed by atoms with E-state index in [1.807, 2.05) is 44.2 Å². The van der Waals surface area contributed by atoms with Crippen LogP contribution in [-0.4, -0.2) is 43.9 Å². The molecule has 4 atom stereocenters. The number of hydrogen-bond acceptors (Lipinski definition) is 5. The summed E-state index contributed by atoms with van der Waals surface area (Å²) in [5.74, 6) is -0.301. The van der Waals surface area contributed by atoms with Gasteiger partial charge in [-0.3, -0.25) is 4.79 Å². The minimum atomic E-state index is -0.191. The first kappa shape index (κ1) is 25.4. The van der Waals surface area contributed by atoms with Crippen molar-refractivity contribution in [3.63, 3.8) is 0 Å². The van der Waals surface area contributed by atoms with Crippen LogP contribution in [0.4, 0.5) is 0 Å². The van der Waals surface area contributed by atoms with Gasteiger partial charge in [-0.15, -0.1) is 0 Å². The van der Waals surface area contributed by atoms with Gasteiger partial charge < -0.3 is 20.1 Å². The largest absolute Gasteiger partial charge is 0.462 e. The number of hydrogen-bond donors (Lipinski definition) is 2. The highest BCUT2D eigenvalue weighted by Gasteiger charge is 2.32. The van der Waals surface area contributed by atoms with Crippen LogP contribution in [0.2, 0.25) is 0 Å². The van der Waals surface area contributed by atoms with E-state index in [1.54, 1.807) is 0 Å². The lowest BCUT2D eigenvalue weighted by molar-refractivity contribution is -0.150. The molecular weight excluding hydrogens is 412 g/mol. The molecule has 2 heterocycles. The van der Waals surface area contributed by atoms with Gasteiger partial charge in [0.1, 0.15) is 0 Å². The molecule has 2 saturated heterocycles. The second kappa shape index (κ2) is 12.9. The van der Waals surface area contributed by atoms with Crippen molar-refractivity contribution in [1.82, 2.24) is 10.6 Å². The Bertz CT molecular complexity index is 849. The van der Waals surface area contributed by atoms with Crippen molar-refractivity contribution in [3.05, 3.63) is 71.3 Å². The van der Waals surface area contributed by atoms with Gasteiger partial charge in [-0.2, -0.15) is 0 Å². The highest BCUT2D eigenvalue weighted by Crippen LogP contribution is 2.27. The summed E-state index contributed by atoms with van der Waals surface area (Å²) in [5, 5.41) is 6.90. The van der Waals surface area contributed by atoms with Gasteiger partial charge in [0.25, 0.3) is 0 Å². The Morgan fingerprint density at radius 1 is 1.03 bits per heavy atom. The Hall–Kier alpha value is -2.21. The zero-order chi connectivity index (χ0) is 23.6. The standard InChI is InChI=1S/C16H23NO2.C12H17NO/c1-12(2)19-16(18)15(13-8-4-3-5-9-13)14-10-6-7-11-17-14;1-9-4-3-5-11(8-9)12-10(2)13-6-7-14-12/h3-5,8-9,12,14-15,17H,6-7,10-11H2,1-2H3;3-5,8,10,12-13H,6-7H2,1-2H3. The molecule has 4 unspecified atom stereocenters. The van der Waals surface area contributed by atoms with Crippen LogP contribution in [0.25, 0.3) is 0 Å². The molecule has 0 amide bonds. The fraction of sp³-hybridized carbons (Fsp3) is 0.536. The molecule has 0 bridgehead atoms. The number of rotatable bonds is 5. The molecule has 5 heteroatoms. The average Bonchev–Trinajstić information content (AvgIpc) is 2.81. The fourth-order valence-electron chi connectivity index (χ4n) is 4.62. The molecule has 0 aromatic heterocycles. The maximum Gasteiger partial charge on any atom is 0.315 e. The van der Waals surface area contributed by atoms with Gasteiger partial charge in [0, 0.05) is 18.6 Å². The Kier molecular flexibility index (Phi) is 9.92. The van der Waals surface area contributed by atoms with Gasteiger partial charge in [0.2, 0.25) is 0 Å². The summed E-state index contributed by atoms with van der Waals surface area (Å²) >= 11 is 0. The number of carbonyl (C=O) groups is 1. The lowest BCUT2D eigenvalue weighted by Gasteiger charge is -2.30. The molecule has 2 fully saturated rings. The third kappa shape index (κ3) is 7.66. The molecule has 2 aliphatic rings. The maximum absolute atomic E-state index is 12.4. The van der Waals surface area contributed by atoms with Crippen molar-refractivity contribution in [3.8, 4) is 0 Å². The summed E-state index contributed by atoms with van der Waals surface area (Å²) in [5.41, 5.74) is 3.63. The Balaban J connectivity index is 0.000000194. The predicted molar refractivity (Wildman–Crippen MR) is 133 cm³/mol. The van der Waals surface area contributed by atoms with E-state index in [-0.39, 0.29) is 30.1 Å². The Morgan fingerprint density at radius 2 is 1.82 bits per heavy atom. The Labute approximate surface area is 199 Å². The van der Waals surface area contributed by atoms with Crippen molar-refractivity contribution in [2.24, 2.45) is 0 Å². The van der Waals surface area contributed by atoms with E-state index < -0.39 is 0 Å². The predicted octanol–water partition coefficient (Wildman–Crippen LogP) is 4.91. The molecule has 5 nitrogen and oxygen atoms in total. The number of esters is 1. The van der Waals surface area contributed by atoms with E-state index in [2.05, 4.69) is 48.7 Å². The monoisotopic (exact) mass is 452 g/mol. The zero-order valence-electron chi connectivity index (χ0n) is 20.6. The molecule has 2 aromatic carbocycles. The average molecular weight is 453 g/mol. The van der Waals surface area contributed by atoms with Gasteiger partial charge in [0.15, 0.2) is 0 Å². The van der Waals surface area contributed by atoms with Gasteiger partial charge in [-0.1, -0.05) is 66.6 Å². The number of nitrogens with one attached hydrogen (secondary N) is 2. The zero-order valence-corrected chi connectivity index (χ0v) is 20.6. The molecule has 0 aliphatic carbocycles. The summed E-state index contributed by atoms with van der Waals surface area (Å²) in [4.78, 5) is 12.4. The molecule has 33 heavy (non-hydrogen) atoms. The lowest BCUT2D eigenvalue weighted by atomic mass is 9.86. The summed E-state index contributed by atoms with van der Waals surface area (Å²) in [6.45, 7) is 10.8. The van der Waals surface area contributed by atoms with Crippen LogP contribution >= 0.6 is 0 Å². The van der Waals surface area contributed by atoms with E-state index in [0.29, 0.717) is 6.04 Å². The highest BCUT2D eigenvalue weighted by atomic mass is 16.5. The van der Waals surface area contributed by atoms with Gasteiger partial charge in [-0.25, -0.2) is 0 Å². The first-order valence-corrected chi connectivity index (χ1v) is 12.4. The first-order valence-electron chi connectivity index (χ1n) is 12.4. The molecule has 4 rings (SSSR count). The van der Waals surface area contributed by atoms with E-state index >= 15 is 0 Å². The molecule has 180 valence electrons. The number of carbonyl (C=O) groups excluding carboxylic acids is 1. The summed E-state index contributed by atoms with van der Waals surface area (Å²) < 4.78 is 11.2. The van der Waals surface area contributed by atoms with Crippen LogP contribution in [0.3, 0.4) is 0 Å². The van der Waals surface area contributed by atoms with Gasteiger partial charge >= 0.3 is 5.97 Å². The molecule has 0 saturated carbocycles. The van der Waals surface area contributed by atoms with E-state index in [1.165, 1.54) is 24.0 Å². The second-order valence-corrected chi connectivity index (χ2v) is 9.38. The molecule has 0 spiro atoms. The van der Waals surface area contributed by atoms with Gasteiger partial charge in [0.05, 0.1) is 24.7 Å². The number of ether oxygens (including phenoxy) is 2. The van der Waals surface area contributed by atoms with Crippen molar-refractivity contribution in [2.45, 2.75) is 77.2 Å². The molecule has 2 aromatic rings. The van der Waals surface area contributed by atoms with Crippen LogP contribution in [0.1, 0.15) is 68.7 Å². The molecular formula is C28H40N2O3. The van der Waals surface area contributed by atoms with E-state index in [0.717, 1.165) is 31.7 Å². The third-order valence-electron chi connectivity index (χ3n) is 6.21. The molecule has 2 N–H and O–H groups in total. The summed E-state index contributed by atoms with van der Waals surface area (Å²) in [7, 11) is 0. The Morgan fingerprint density at radius 3 is 2.45 bits per heavy atom. The van der Waals surface area contributed by atoms with Crippen LogP contribution < -0.4 is 10.6 Å². The quantitative estimate of drug-likeness (QED) is 0.632. The SMILES string of the molecule is CC(C)OC(=O)C(c1ccccc1)C1CCCCN1.Cc1cccc(C2OCCNC2C)c1. The topological polar surface area (TPSA) is 59.6 Å². The molecule has 2 aliphatic heterocycles. The highest BCUT2D eigenvalue weighted by molar-refractivity contribution is 5.79. The lowest BCUT2D eigenvalue weighted by Crippen LogP contribution is -2.42. The smallest absolute Gasteiger partial charge is 0.315 e. The minimum absolute atomic E-state index is 0.0673. The minimum Gasteiger partial charge on any atom is -0.462 e. The van der Waals surface area contributed by atoms with E-state index in [9.17, 15) is 4.79 Å². The summed E-state index contributed by atoms with van der Waals surface area (Å²) in [6.07, 6.45) is 3.55. The van der Waals surface area contributed by atoms with Crippen LogP contribution in [-0.2, 0) is 14.3 Å².